The van der Waals surface area contributed by atoms with Crippen LogP contribution in [0.15, 0.2) is 30.5 Å². The quantitative estimate of drug-likeness (QED) is 0.583. The number of aliphatic carboxylic acids is 1. The first-order chi connectivity index (χ1) is 13.3. The summed E-state index contributed by atoms with van der Waals surface area (Å²) >= 11 is 0. The van der Waals surface area contributed by atoms with Crippen molar-refractivity contribution in [2.45, 2.75) is 65.2 Å². The number of carboxylic acids is 1. The van der Waals surface area contributed by atoms with Gasteiger partial charge in [0, 0.05) is 18.0 Å². The Labute approximate surface area is 169 Å². The SMILES string of the molecule is CC(C)(C)OC(=O)n1cc(C[C@@H](C(=O)O)N(C=O)OC(C)(C)C)c2ccccc21. The van der Waals surface area contributed by atoms with Crippen molar-refractivity contribution in [2.24, 2.45) is 0 Å². The van der Waals surface area contributed by atoms with E-state index in [0.29, 0.717) is 22.9 Å². The van der Waals surface area contributed by atoms with Gasteiger partial charge in [0.2, 0.25) is 6.41 Å². The lowest BCUT2D eigenvalue weighted by Gasteiger charge is -2.30. The third-order valence-corrected chi connectivity index (χ3v) is 3.87. The van der Waals surface area contributed by atoms with Crippen LogP contribution in [0, 0.1) is 0 Å². The van der Waals surface area contributed by atoms with Crippen LogP contribution in [0.25, 0.3) is 10.9 Å². The molecule has 1 N–H and O–H groups in total. The maximum Gasteiger partial charge on any atom is 0.419 e. The minimum Gasteiger partial charge on any atom is -0.480 e. The molecule has 1 aromatic heterocycles. The predicted molar refractivity (Wildman–Crippen MR) is 107 cm³/mol. The van der Waals surface area contributed by atoms with Gasteiger partial charge in [0.05, 0.1) is 11.1 Å². The van der Waals surface area contributed by atoms with Crippen LogP contribution in [0.1, 0.15) is 47.1 Å². The van der Waals surface area contributed by atoms with Crippen molar-refractivity contribution in [3.8, 4) is 0 Å². The molecule has 0 saturated heterocycles. The first-order valence-electron chi connectivity index (χ1n) is 9.30. The monoisotopic (exact) mass is 404 g/mol. The van der Waals surface area contributed by atoms with E-state index in [9.17, 15) is 19.5 Å². The maximum absolute atomic E-state index is 12.6. The average Bonchev–Trinajstić information content (AvgIpc) is 2.94. The van der Waals surface area contributed by atoms with Crippen LogP contribution in [0.4, 0.5) is 4.79 Å². The molecule has 8 heteroatoms. The smallest absolute Gasteiger partial charge is 0.419 e. The Kier molecular flexibility index (Phi) is 6.37. The molecule has 2 aromatic rings. The van der Waals surface area contributed by atoms with E-state index in [0.717, 1.165) is 5.06 Å². The van der Waals surface area contributed by atoms with Crippen LogP contribution in [-0.4, -0.2) is 50.5 Å². The van der Waals surface area contributed by atoms with E-state index < -0.39 is 29.3 Å². The number of nitrogens with zero attached hydrogens (tertiary/aromatic N) is 2. The van der Waals surface area contributed by atoms with Crippen molar-refractivity contribution in [1.82, 2.24) is 9.63 Å². The van der Waals surface area contributed by atoms with Crippen LogP contribution in [0.3, 0.4) is 0 Å². The molecule has 0 radical (unpaired) electrons. The van der Waals surface area contributed by atoms with Crippen molar-refractivity contribution >= 4 is 29.4 Å². The molecule has 0 aliphatic rings. The molecule has 0 bridgehead atoms. The number of carbonyl (C=O) groups excluding carboxylic acids is 2. The average molecular weight is 404 g/mol. The zero-order chi connectivity index (χ0) is 22.0. The molecular formula is C21H28N2O6. The standard InChI is InChI=1S/C21H28N2O6/c1-20(2,3)28-19(27)22-12-14(15-9-7-8-10-16(15)22)11-17(18(25)26)23(13-24)29-21(4,5)6/h7-10,12-13,17H,11H2,1-6H3,(H,25,26)/t17-/m0/s1. The number of amides is 1. The Morgan fingerprint density at radius 3 is 2.28 bits per heavy atom. The van der Waals surface area contributed by atoms with Gasteiger partial charge in [-0.3, -0.25) is 14.2 Å². The lowest BCUT2D eigenvalue weighted by Crippen LogP contribution is -2.45. The summed E-state index contributed by atoms with van der Waals surface area (Å²) in [5.41, 5.74) is -0.251. The maximum atomic E-state index is 12.6. The van der Waals surface area contributed by atoms with Gasteiger partial charge < -0.3 is 9.84 Å². The van der Waals surface area contributed by atoms with Gasteiger partial charge in [-0.25, -0.2) is 14.7 Å². The van der Waals surface area contributed by atoms with Crippen LogP contribution < -0.4 is 0 Å². The van der Waals surface area contributed by atoms with Gasteiger partial charge in [0.1, 0.15) is 5.60 Å². The number of para-hydroxylation sites is 1. The highest BCUT2D eigenvalue weighted by Crippen LogP contribution is 2.25. The molecule has 158 valence electrons. The number of carbonyl (C=O) groups is 3. The summed E-state index contributed by atoms with van der Waals surface area (Å²) in [5.74, 6) is -1.21. The summed E-state index contributed by atoms with van der Waals surface area (Å²) in [6, 6.07) is 5.86. The van der Waals surface area contributed by atoms with Gasteiger partial charge in [0.15, 0.2) is 6.04 Å². The molecule has 0 spiro atoms. The Bertz CT molecular complexity index is 904. The van der Waals surface area contributed by atoms with E-state index in [2.05, 4.69) is 0 Å². The van der Waals surface area contributed by atoms with Crippen LogP contribution in [0.2, 0.25) is 0 Å². The van der Waals surface area contributed by atoms with E-state index >= 15 is 0 Å². The van der Waals surface area contributed by atoms with Gasteiger partial charge >= 0.3 is 12.1 Å². The molecule has 1 heterocycles. The van der Waals surface area contributed by atoms with Gasteiger partial charge in [-0.05, 0) is 53.2 Å². The van der Waals surface area contributed by atoms with Crippen molar-refractivity contribution in [1.29, 1.82) is 0 Å². The van der Waals surface area contributed by atoms with Gasteiger partial charge in [-0.15, -0.1) is 0 Å². The Morgan fingerprint density at radius 1 is 1.14 bits per heavy atom. The molecule has 1 amide bonds. The first-order valence-corrected chi connectivity index (χ1v) is 9.30. The zero-order valence-corrected chi connectivity index (χ0v) is 17.6. The highest BCUT2D eigenvalue weighted by Gasteiger charge is 2.31. The fourth-order valence-electron chi connectivity index (χ4n) is 2.84. The van der Waals surface area contributed by atoms with Gasteiger partial charge in [-0.2, -0.15) is 0 Å². The molecule has 2 rings (SSSR count). The number of rotatable bonds is 6. The van der Waals surface area contributed by atoms with E-state index in [1.807, 2.05) is 0 Å². The minimum absolute atomic E-state index is 0.0412. The topological polar surface area (TPSA) is 98.1 Å². The molecule has 0 aliphatic carbocycles. The number of aromatic nitrogens is 1. The molecule has 0 saturated carbocycles. The van der Waals surface area contributed by atoms with Gasteiger partial charge in [0.25, 0.3) is 0 Å². The van der Waals surface area contributed by atoms with E-state index in [-0.39, 0.29) is 6.42 Å². The lowest BCUT2D eigenvalue weighted by molar-refractivity contribution is -0.234. The van der Waals surface area contributed by atoms with Crippen molar-refractivity contribution in [2.75, 3.05) is 0 Å². The number of hydrogen-bond acceptors (Lipinski definition) is 5. The van der Waals surface area contributed by atoms with Gasteiger partial charge in [-0.1, -0.05) is 18.2 Å². The Morgan fingerprint density at radius 2 is 1.76 bits per heavy atom. The Balaban J connectivity index is 2.45. The number of hydrogen-bond donors (Lipinski definition) is 1. The summed E-state index contributed by atoms with van der Waals surface area (Å²) in [6.07, 6.45) is 1.30. The molecule has 29 heavy (non-hydrogen) atoms. The zero-order valence-electron chi connectivity index (χ0n) is 17.6. The normalized spacial score (nSPS) is 13.2. The number of benzene rings is 1. The third-order valence-electron chi connectivity index (χ3n) is 3.87. The number of carboxylic acid groups (broad SMARTS) is 1. The summed E-state index contributed by atoms with van der Waals surface area (Å²) in [4.78, 5) is 41.5. The van der Waals surface area contributed by atoms with Crippen molar-refractivity contribution in [3.63, 3.8) is 0 Å². The number of ether oxygens (including phenoxy) is 1. The molecule has 1 aromatic carbocycles. The summed E-state index contributed by atoms with van der Waals surface area (Å²) in [6.45, 7) is 10.5. The summed E-state index contributed by atoms with van der Waals surface area (Å²) in [5, 5.41) is 11.2. The van der Waals surface area contributed by atoms with Crippen LogP contribution in [0.5, 0.6) is 0 Å². The summed E-state index contributed by atoms with van der Waals surface area (Å²) < 4.78 is 6.80. The van der Waals surface area contributed by atoms with E-state index in [4.69, 9.17) is 9.57 Å². The highest BCUT2D eigenvalue weighted by molar-refractivity contribution is 5.92. The lowest BCUT2D eigenvalue weighted by atomic mass is 10.0. The first kappa shape index (κ1) is 22.4. The summed E-state index contributed by atoms with van der Waals surface area (Å²) in [7, 11) is 0. The van der Waals surface area contributed by atoms with Crippen LogP contribution in [-0.2, 0) is 25.6 Å². The molecule has 0 aliphatic heterocycles. The molecule has 0 unspecified atom stereocenters. The number of hydroxylamine groups is 2. The van der Waals surface area contributed by atoms with Crippen LogP contribution >= 0.6 is 0 Å². The molecule has 1 atom stereocenters. The fourth-order valence-corrected chi connectivity index (χ4v) is 2.84. The fraction of sp³-hybridized carbons (Fsp3) is 0.476. The molecule has 0 fully saturated rings. The third kappa shape index (κ3) is 5.80. The Hall–Kier alpha value is -2.87. The number of fused-ring (bicyclic) bond motifs is 1. The second-order valence-corrected chi connectivity index (χ2v) is 8.75. The van der Waals surface area contributed by atoms with E-state index in [1.165, 1.54) is 4.57 Å². The highest BCUT2D eigenvalue weighted by atomic mass is 16.7. The van der Waals surface area contributed by atoms with E-state index in [1.54, 1.807) is 72.0 Å². The molecule has 8 nitrogen and oxygen atoms in total. The minimum atomic E-state index is -1.26. The largest absolute Gasteiger partial charge is 0.480 e. The van der Waals surface area contributed by atoms with Crippen molar-refractivity contribution < 1.29 is 29.1 Å². The second-order valence-electron chi connectivity index (χ2n) is 8.75. The van der Waals surface area contributed by atoms with Crippen molar-refractivity contribution in [3.05, 3.63) is 36.0 Å². The molecular weight excluding hydrogens is 376 g/mol. The second kappa shape index (κ2) is 8.24. The predicted octanol–water partition coefficient (Wildman–Crippen LogP) is 3.61.